The van der Waals surface area contributed by atoms with Crippen LogP contribution in [0.25, 0.3) is 0 Å². The number of alkyl halides is 3. The fraction of sp³-hybridized carbons (Fsp3) is 0.350. The predicted molar refractivity (Wildman–Crippen MR) is 106 cm³/mol. The molecule has 30 heavy (non-hydrogen) atoms. The van der Waals surface area contributed by atoms with Gasteiger partial charge in [-0.2, -0.15) is 22.7 Å². The minimum Gasteiger partial charge on any atom is -0.298 e. The lowest BCUT2D eigenvalue weighted by molar-refractivity contribution is -0.137. The predicted octanol–water partition coefficient (Wildman–Crippen LogP) is 4.13. The van der Waals surface area contributed by atoms with Crippen LogP contribution in [0.1, 0.15) is 23.1 Å². The summed E-state index contributed by atoms with van der Waals surface area (Å²) in [7, 11) is -4.01. The molecule has 10 heteroatoms. The van der Waals surface area contributed by atoms with Gasteiger partial charge in [-0.1, -0.05) is 23.7 Å². The standard InChI is InChI=1S/C20H19ClF3N3O2S/c21-18-12-17(20(22,23)24)6-7-19(18)30(28,29)27-9-1-8-26(10-11-27)14-16-4-2-15(13-25)3-5-16/h2-7,12H,1,8-11,14H2. The molecule has 2 aromatic carbocycles. The summed E-state index contributed by atoms with van der Waals surface area (Å²) < 4.78 is 65.7. The van der Waals surface area contributed by atoms with Gasteiger partial charge in [-0.15, -0.1) is 0 Å². The molecule has 0 atom stereocenters. The Morgan fingerprint density at radius 3 is 2.33 bits per heavy atom. The Bertz CT molecular complexity index is 1050. The van der Waals surface area contributed by atoms with Gasteiger partial charge in [0.1, 0.15) is 4.90 Å². The number of benzene rings is 2. The van der Waals surface area contributed by atoms with Gasteiger partial charge in [0.05, 0.1) is 22.2 Å². The second-order valence-electron chi connectivity index (χ2n) is 6.99. The van der Waals surface area contributed by atoms with Gasteiger partial charge < -0.3 is 0 Å². The van der Waals surface area contributed by atoms with Crippen LogP contribution in [0.3, 0.4) is 0 Å². The fourth-order valence-electron chi connectivity index (χ4n) is 3.31. The Labute approximate surface area is 178 Å². The minimum atomic E-state index is -4.60. The highest BCUT2D eigenvalue weighted by atomic mass is 35.5. The van der Waals surface area contributed by atoms with Crippen molar-refractivity contribution in [3.05, 3.63) is 64.2 Å². The Morgan fingerprint density at radius 1 is 1.03 bits per heavy atom. The van der Waals surface area contributed by atoms with Crippen LogP contribution in [0.5, 0.6) is 0 Å². The van der Waals surface area contributed by atoms with E-state index in [1.54, 1.807) is 12.1 Å². The van der Waals surface area contributed by atoms with Gasteiger partial charge in [0.2, 0.25) is 10.0 Å². The molecular weight excluding hydrogens is 439 g/mol. The molecule has 0 bridgehead atoms. The van der Waals surface area contributed by atoms with E-state index >= 15 is 0 Å². The zero-order valence-corrected chi connectivity index (χ0v) is 17.4. The van der Waals surface area contributed by atoms with Gasteiger partial charge in [0, 0.05) is 26.2 Å². The molecule has 0 unspecified atom stereocenters. The summed E-state index contributed by atoms with van der Waals surface area (Å²) in [5.41, 5.74) is 0.590. The van der Waals surface area contributed by atoms with Crippen LogP contribution in [-0.2, 0) is 22.7 Å². The highest BCUT2D eigenvalue weighted by molar-refractivity contribution is 7.89. The van der Waals surface area contributed by atoms with Gasteiger partial charge in [-0.05, 0) is 48.9 Å². The third kappa shape index (κ3) is 5.13. The molecule has 160 valence electrons. The summed E-state index contributed by atoms with van der Waals surface area (Å²) >= 11 is 5.90. The molecule has 1 aliphatic rings. The molecule has 1 fully saturated rings. The maximum absolute atomic E-state index is 13.0. The topological polar surface area (TPSA) is 64.4 Å². The van der Waals surface area contributed by atoms with Crippen molar-refractivity contribution in [3.63, 3.8) is 0 Å². The lowest BCUT2D eigenvalue weighted by Gasteiger charge is -2.22. The lowest BCUT2D eigenvalue weighted by atomic mass is 10.1. The van der Waals surface area contributed by atoms with Gasteiger partial charge in [-0.3, -0.25) is 4.90 Å². The van der Waals surface area contributed by atoms with Crippen LogP contribution in [0, 0.1) is 11.3 Å². The summed E-state index contributed by atoms with van der Waals surface area (Å²) in [6.45, 7) is 2.21. The van der Waals surface area contributed by atoms with E-state index in [1.807, 2.05) is 12.1 Å². The van der Waals surface area contributed by atoms with E-state index in [0.717, 1.165) is 17.7 Å². The first-order valence-electron chi connectivity index (χ1n) is 9.19. The summed E-state index contributed by atoms with van der Waals surface area (Å²) in [6.07, 6.45) is -4.02. The maximum Gasteiger partial charge on any atom is 0.416 e. The van der Waals surface area contributed by atoms with Gasteiger partial charge in [-0.25, -0.2) is 8.42 Å². The molecule has 0 spiro atoms. The second-order valence-corrected chi connectivity index (χ2v) is 9.30. The molecule has 0 aromatic heterocycles. The Balaban J connectivity index is 1.71. The van der Waals surface area contributed by atoms with Crippen molar-refractivity contribution in [1.29, 1.82) is 5.26 Å². The second kappa shape index (κ2) is 8.94. The van der Waals surface area contributed by atoms with Crippen LogP contribution in [0.2, 0.25) is 5.02 Å². The van der Waals surface area contributed by atoms with E-state index in [1.165, 1.54) is 4.31 Å². The van der Waals surface area contributed by atoms with Crippen LogP contribution in [0.15, 0.2) is 47.4 Å². The molecule has 3 rings (SSSR count). The van der Waals surface area contributed by atoms with E-state index in [0.29, 0.717) is 37.7 Å². The Hall–Kier alpha value is -2.12. The van der Waals surface area contributed by atoms with Crippen LogP contribution in [0.4, 0.5) is 13.2 Å². The van der Waals surface area contributed by atoms with Crippen molar-refractivity contribution in [2.24, 2.45) is 0 Å². The zero-order chi connectivity index (χ0) is 21.9. The number of hydrogen-bond acceptors (Lipinski definition) is 4. The summed E-state index contributed by atoms with van der Waals surface area (Å²) in [5, 5.41) is 8.43. The lowest BCUT2D eigenvalue weighted by Crippen LogP contribution is -2.35. The Kier molecular flexibility index (Phi) is 6.72. The molecule has 0 radical (unpaired) electrons. The van der Waals surface area contributed by atoms with Gasteiger partial charge in [0.15, 0.2) is 0 Å². The van der Waals surface area contributed by atoms with Crippen molar-refractivity contribution in [2.45, 2.75) is 24.0 Å². The van der Waals surface area contributed by atoms with Crippen molar-refractivity contribution in [3.8, 4) is 6.07 Å². The molecule has 1 aliphatic heterocycles. The molecular formula is C20H19ClF3N3O2S. The minimum absolute atomic E-state index is 0.204. The first-order valence-corrected chi connectivity index (χ1v) is 11.0. The van der Waals surface area contributed by atoms with E-state index in [9.17, 15) is 21.6 Å². The van der Waals surface area contributed by atoms with Crippen molar-refractivity contribution in [1.82, 2.24) is 9.21 Å². The average Bonchev–Trinajstić information content (AvgIpc) is 2.94. The SMILES string of the molecule is N#Cc1ccc(CN2CCCN(S(=O)(=O)c3ccc(C(F)(F)F)cc3Cl)CC2)cc1. The summed E-state index contributed by atoms with van der Waals surface area (Å²) in [4.78, 5) is 1.78. The first kappa shape index (κ1) is 22.6. The number of hydrogen-bond donors (Lipinski definition) is 0. The Morgan fingerprint density at radius 2 is 1.73 bits per heavy atom. The first-order chi connectivity index (χ1) is 14.1. The maximum atomic E-state index is 13.0. The molecule has 0 saturated carbocycles. The van der Waals surface area contributed by atoms with Gasteiger partial charge in [0.25, 0.3) is 0 Å². The number of rotatable bonds is 4. The molecule has 0 aliphatic carbocycles. The van der Waals surface area contributed by atoms with Crippen molar-refractivity contribution >= 4 is 21.6 Å². The number of nitriles is 1. The smallest absolute Gasteiger partial charge is 0.298 e. The van der Waals surface area contributed by atoms with Crippen molar-refractivity contribution in [2.75, 3.05) is 26.2 Å². The molecule has 2 aromatic rings. The van der Waals surface area contributed by atoms with Crippen molar-refractivity contribution < 1.29 is 21.6 Å². The molecule has 1 saturated heterocycles. The number of nitrogens with zero attached hydrogens (tertiary/aromatic N) is 3. The zero-order valence-electron chi connectivity index (χ0n) is 15.9. The molecule has 0 N–H and O–H groups in total. The number of halogens is 4. The molecule has 5 nitrogen and oxygen atoms in total. The molecule has 0 amide bonds. The van der Waals surface area contributed by atoms with E-state index in [2.05, 4.69) is 11.0 Å². The highest BCUT2D eigenvalue weighted by Crippen LogP contribution is 2.34. The van der Waals surface area contributed by atoms with E-state index in [4.69, 9.17) is 16.9 Å². The third-order valence-electron chi connectivity index (χ3n) is 4.91. The largest absolute Gasteiger partial charge is 0.416 e. The summed E-state index contributed by atoms with van der Waals surface area (Å²) in [5.74, 6) is 0. The monoisotopic (exact) mass is 457 g/mol. The van der Waals surface area contributed by atoms with E-state index < -0.39 is 26.8 Å². The fourth-order valence-corrected chi connectivity index (χ4v) is 5.30. The third-order valence-corrected chi connectivity index (χ3v) is 7.30. The normalized spacial score (nSPS) is 16.8. The molecule has 1 heterocycles. The van der Waals surface area contributed by atoms with Crippen LogP contribution < -0.4 is 0 Å². The van der Waals surface area contributed by atoms with Gasteiger partial charge >= 0.3 is 6.18 Å². The quantitative estimate of drug-likeness (QED) is 0.692. The summed E-state index contributed by atoms with van der Waals surface area (Å²) in [6, 6.07) is 11.5. The van der Waals surface area contributed by atoms with Crippen LogP contribution in [-0.4, -0.2) is 43.8 Å². The van der Waals surface area contributed by atoms with E-state index in [-0.39, 0.29) is 18.0 Å². The number of sulfonamides is 1. The van der Waals surface area contributed by atoms with Crippen LogP contribution >= 0.6 is 11.6 Å². The average molecular weight is 458 g/mol. The highest BCUT2D eigenvalue weighted by Gasteiger charge is 2.34.